The number of aromatic nitrogens is 2. The number of hydrogen-bond acceptors (Lipinski definition) is 9. The first-order valence-electron chi connectivity index (χ1n) is 12.4. The summed E-state index contributed by atoms with van der Waals surface area (Å²) in [6.45, 7) is 4.46. The number of halogens is 1. The first-order chi connectivity index (χ1) is 17.6. The first kappa shape index (κ1) is 28.4. The number of aryl methyl sites for hydroxylation is 1. The standard InChI is InChI=1S/C25H36ClN7O4/c1-16(34)13-32(2)20(35)15-37-19-9-7-17(8-10-19)5-3-11-33-12-4-6-18(14-33)29-25(36)21-23(27)31-24(28)22(26)30-21/h7-10,16,18,34H,3-6,11-15H2,1-2H3,(H,29,36)(H4,27,28,31). The number of rotatable bonds is 11. The van der Waals surface area contributed by atoms with Gasteiger partial charge in [-0.3, -0.25) is 9.59 Å². The van der Waals surface area contributed by atoms with Gasteiger partial charge in [0.25, 0.3) is 11.8 Å². The summed E-state index contributed by atoms with van der Waals surface area (Å²) in [6, 6.07) is 7.71. The number of likely N-dealkylation sites (N-methyl/N-ethyl adjacent to an activating group) is 1. The number of carbonyl (C=O) groups is 2. The Balaban J connectivity index is 1.40. The number of nitrogen functional groups attached to an aromatic ring is 2. The molecule has 1 fully saturated rings. The molecule has 202 valence electrons. The average molecular weight is 534 g/mol. The summed E-state index contributed by atoms with van der Waals surface area (Å²) >= 11 is 5.89. The molecule has 0 spiro atoms. The Morgan fingerprint density at radius 2 is 2.00 bits per heavy atom. The van der Waals surface area contributed by atoms with Crippen molar-refractivity contribution in [3.63, 3.8) is 0 Å². The number of carbonyl (C=O) groups excluding carboxylic acids is 2. The van der Waals surface area contributed by atoms with Crippen LogP contribution >= 0.6 is 11.6 Å². The fraction of sp³-hybridized carbons (Fsp3) is 0.520. The van der Waals surface area contributed by atoms with E-state index < -0.39 is 12.0 Å². The molecule has 0 radical (unpaired) electrons. The van der Waals surface area contributed by atoms with Gasteiger partial charge in [0.05, 0.1) is 6.10 Å². The van der Waals surface area contributed by atoms with Crippen molar-refractivity contribution in [2.75, 3.05) is 51.3 Å². The molecule has 1 aliphatic rings. The third kappa shape index (κ3) is 8.73. The van der Waals surface area contributed by atoms with Crippen molar-refractivity contribution in [1.82, 2.24) is 25.1 Å². The molecular formula is C25H36ClN7O4. The molecule has 0 bridgehead atoms. The predicted molar refractivity (Wildman–Crippen MR) is 142 cm³/mol. The Bertz CT molecular complexity index is 1070. The van der Waals surface area contributed by atoms with E-state index in [1.54, 1.807) is 14.0 Å². The minimum atomic E-state index is -0.578. The zero-order valence-electron chi connectivity index (χ0n) is 21.3. The van der Waals surface area contributed by atoms with Gasteiger partial charge >= 0.3 is 0 Å². The van der Waals surface area contributed by atoms with E-state index in [0.29, 0.717) is 5.75 Å². The second-order valence-electron chi connectivity index (χ2n) is 9.41. The van der Waals surface area contributed by atoms with Crippen LogP contribution in [0, 0.1) is 0 Å². The van der Waals surface area contributed by atoms with Gasteiger partial charge in [0.15, 0.2) is 29.1 Å². The Kier molecular flexibility index (Phi) is 10.3. The molecule has 3 rings (SSSR count). The number of anilines is 2. The van der Waals surface area contributed by atoms with Crippen molar-refractivity contribution in [3.8, 4) is 5.75 Å². The maximum Gasteiger partial charge on any atom is 0.274 e. The first-order valence-corrected chi connectivity index (χ1v) is 12.8. The number of nitrogens with two attached hydrogens (primary N) is 2. The van der Waals surface area contributed by atoms with E-state index in [-0.39, 0.29) is 47.6 Å². The van der Waals surface area contributed by atoms with Crippen LogP contribution in [-0.2, 0) is 11.2 Å². The third-order valence-electron chi connectivity index (χ3n) is 6.15. The van der Waals surface area contributed by atoms with Gasteiger partial charge in [-0.15, -0.1) is 0 Å². The molecule has 2 amide bonds. The summed E-state index contributed by atoms with van der Waals surface area (Å²) in [4.78, 5) is 36.3. The van der Waals surface area contributed by atoms with E-state index in [4.69, 9.17) is 27.8 Å². The molecule has 37 heavy (non-hydrogen) atoms. The van der Waals surface area contributed by atoms with Gasteiger partial charge in [-0.2, -0.15) is 0 Å². The van der Waals surface area contributed by atoms with Crippen molar-refractivity contribution in [3.05, 3.63) is 40.7 Å². The number of amides is 2. The van der Waals surface area contributed by atoms with E-state index in [1.165, 1.54) is 10.5 Å². The lowest BCUT2D eigenvalue weighted by Crippen LogP contribution is -2.48. The van der Waals surface area contributed by atoms with Crippen LogP contribution in [-0.4, -0.2) is 88.7 Å². The van der Waals surface area contributed by atoms with E-state index >= 15 is 0 Å². The van der Waals surface area contributed by atoms with Crippen LogP contribution in [0.1, 0.15) is 42.2 Å². The molecule has 1 aliphatic heterocycles. The molecule has 1 aromatic carbocycles. The summed E-state index contributed by atoms with van der Waals surface area (Å²) in [5, 5.41) is 12.3. The lowest BCUT2D eigenvalue weighted by Gasteiger charge is -2.33. The van der Waals surface area contributed by atoms with Gasteiger partial charge in [0.2, 0.25) is 0 Å². The Hall–Kier alpha value is -3.15. The fourth-order valence-electron chi connectivity index (χ4n) is 4.25. The Labute approximate surface area is 222 Å². The summed E-state index contributed by atoms with van der Waals surface area (Å²) in [5.41, 5.74) is 12.5. The third-order valence-corrected chi connectivity index (χ3v) is 6.43. The fourth-order valence-corrected chi connectivity index (χ4v) is 4.38. The van der Waals surface area contributed by atoms with Crippen molar-refractivity contribution < 1.29 is 19.4 Å². The predicted octanol–water partition coefficient (Wildman–Crippen LogP) is 1.34. The van der Waals surface area contributed by atoms with Crippen LogP contribution < -0.4 is 21.5 Å². The number of piperidine rings is 1. The molecule has 2 aromatic rings. The van der Waals surface area contributed by atoms with Crippen LogP contribution in [0.5, 0.6) is 5.75 Å². The van der Waals surface area contributed by atoms with Crippen molar-refractivity contribution >= 4 is 35.1 Å². The van der Waals surface area contributed by atoms with Gasteiger partial charge in [0, 0.05) is 26.2 Å². The van der Waals surface area contributed by atoms with E-state index in [0.717, 1.165) is 45.3 Å². The monoisotopic (exact) mass is 533 g/mol. The number of nitrogens with zero attached hydrogens (tertiary/aromatic N) is 4. The number of nitrogens with one attached hydrogen (secondary N) is 1. The zero-order valence-corrected chi connectivity index (χ0v) is 22.1. The quantitative estimate of drug-likeness (QED) is 0.334. The van der Waals surface area contributed by atoms with Crippen molar-refractivity contribution in [1.29, 1.82) is 0 Å². The molecule has 0 aliphatic carbocycles. The minimum absolute atomic E-state index is 0.00593. The van der Waals surface area contributed by atoms with E-state index in [2.05, 4.69) is 20.2 Å². The topological polar surface area (TPSA) is 160 Å². The van der Waals surface area contributed by atoms with Crippen LogP contribution in [0.25, 0.3) is 0 Å². The lowest BCUT2D eigenvalue weighted by atomic mass is 10.0. The molecular weight excluding hydrogens is 498 g/mol. The van der Waals surface area contributed by atoms with Gasteiger partial charge in [0.1, 0.15) is 5.75 Å². The Morgan fingerprint density at radius 1 is 1.27 bits per heavy atom. The molecule has 0 saturated carbocycles. The van der Waals surface area contributed by atoms with Crippen LogP contribution in [0.4, 0.5) is 11.6 Å². The van der Waals surface area contributed by atoms with Crippen LogP contribution in [0.2, 0.25) is 5.15 Å². The summed E-state index contributed by atoms with van der Waals surface area (Å²) < 4.78 is 5.57. The molecule has 2 atom stereocenters. The average Bonchev–Trinajstić information content (AvgIpc) is 2.85. The van der Waals surface area contributed by atoms with Gasteiger partial charge in [-0.05, 0) is 63.4 Å². The highest BCUT2D eigenvalue weighted by molar-refractivity contribution is 6.31. The van der Waals surface area contributed by atoms with Crippen LogP contribution in [0.3, 0.4) is 0 Å². The van der Waals surface area contributed by atoms with Gasteiger partial charge < -0.3 is 36.4 Å². The SMILES string of the molecule is CC(O)CN(C)C(=O)COc1ccc(CCCN2CCCC(NC(=O)c3nc(Cl)c(N)nc3N)C2)cc1. The largest absolute Gasteiger partial charge is 0.484 e. The summed E-state index contributed by atoms with van der Waals surface area (Å²) in [7, 11) is 1.64. The highest BCUT2D eigenvalue weighted by Crippen LogP contribution is 2.19. The highest BCUT2D eigenvalue weighted by atomic mass is 35.5. The summed E-state index contributed by atoms with van der Waals surface area (Å²) in [5.74, 6) is -0.00996. The van der Waals surface area contributed by atoms with Gasteiger partial charge in [-0.25, -0.2) is 9.97 Å². The summed E-state index contributed by atoms with van der Waals surface area (Å²) in [6.07, 6.45) is 3.14. The normalized spacial score (nSPS) is 16.7. The zero-order chi connectivity index (χ0) is 26.9. The maximum atomic E-state index is 12.6. The molecule has 2 heterocycles. The maximum absolute atomic E-state index is 12.6. The second-order valence-corrected chi connectivity index (χ2v) is 9.76. The molecule has 2 unspecified atom stereocenters. The van der Waals surface area contributed by atoms with Gasteiger partial charge in [-0.1, -0.05) is 23.7 Å². The number of aliphatic hydroxyl groups excluding tert-OH is 1. The molecule has 11 nitrogen and oxygen atoms in total. The molecule has 12 heteroatoms. The van der Waals surface area contributed by atoms with E-state index in [1.807, 2.05) is 24.3 Å². The number of benzene rings is 1. The second kappa shape index (κ2) is 13.4. The smallest absolute Gasteiger partial charge is 0.274 e. The van der Waals surface area contributed by atoms with Crippen molar-refractivity contribution in [2.24, 2.45) is 0 Å². The number of ether oxygens (including phenoxy) is 1. The number of hydrogen-bond donors (Lipinski definition) is 4. The Morgan fingerprint density at radius 3 is 2.70 bits per heavy atom. The molecule has 1 aromatic heterocycles. The number of likely N-dealkylation sites (tertiary alicyclic amines) is 1. The minimum Gasteiger partial charge on any atom is -0.484 e. The van der Waals surface area contributed by atoms with Crippen molar-refractivity contribution in [2.45, 2.75) is 44.8 Å². The van der Waals surface area contributed by atoms with Crippen LogP contribution in [0.15, 0.2) is 24.3 Å². The molecule has 1 saturated heterocycles. The number of aliphatic hydroxyl groups is 1. The van der Waals surface area contributed by atoms with E-state index in [9.17, 15) is 14.7 Å². The molecule has 6 N–H and O–H groups in total. The lowest BCUT2D eigenvalue weighted by molar-refractivity contribution is -0.133. The highest BCUT2D eigenvalue weighted by Gasteiger charge is 2.24.